The summed E-state index contributed by atoms with van der Waals surface area (Å²) in [6.07, 6.45) is 0. The number of hydrazine groups is 2. The number of nitrogens with zero attached hydrogens (tertiary/aromatic N) is 8. The van der Waals surface area contributed by atoms with Crippen molar-refractivity contribution in [2.45, 2.75) is 10.3 Å². The van der Waals surface area contributed by atoms with Gasteiger partial charge in [-0.1, -0.05) is 0 Å². The SMILES string of the molecule is O=C(Nc1cccc(-n2nnnc2[S-])c1)c1ccc(NNP(=[Se])(c2ccccc2)c2ccccc2)cc1.O=C(Nc1cccc(-n2nnnc2[S-])c1)c1ccc(NNP(=[Se])(c2ccccc2)c2ccccc2)cc1.[Au]. The van der Waals surface area contributed by atoms with Crippen LogP contribution in [0, 0.1) is 0 Å². The molecule has 0 unspecified atom stereocenters. The first-order chi connectivity index (χ1) is 36.1. The van der Waals surface area contributed by atoms with E-state index in [0.717, 1.165) is 11.4 Å². The fraction of sp³-hybridized carbons (Fsp3) is 0. The van der Waals surface area contributed by atoms with Gasteiger partial charge in [-0.15, -0.1) is 10.2 Å². The van der Waals surface area contributed by atoms with Crippen molar-refractivity contribution in [2.24, 2.45) is 0 Å². The third kappa shape index (κ3) is 13.7. The molecule has 23 heteroatoms. The molecule has 0 aliphatic rings. The molecule has 75 heavy (non-hydrogen) atoms. The monoisotopic (exact) mass is 1380 g/mol. The summed E-state index contributed by atoms with van der Waals surface area (Å²) in [6.45, 7) is 0. The van der Waals surface area contributed by atoms with E-state index >= 15 is 0 Å². The maximum absolute atomic E-state index is 12.9. The molecule has 0 aliphatic heterocycles. The van der Waals surface area contributed by atoms with Gasteiger partial charge in [0.2, 0.25) is 0 Å². The zero-order valence-electron chi connectivity index (χ0n) is 39.0. The van der Waals surface area contributed by atoms with E-state index in [1.54, 1.807) is 60.7 Å². The Hall–Kier alpha value is -6.56. The van der Waals surface area contributed by atoms with Gasteiger partial charge in [0.05, 0.1) is 0 Å². The van der Waals surface area contributed by atoms with E-state index in [-0.39, 0.29) is 44.5 Å². The number of hydrogen-bond donors (Lipinski definition) is 6. The number of carbonyl (C=O) groups excluding carboxylic acids is 2. The van der Waals surface area contributed by atoms with E-state index in [0.29, 0.717) is 33.9 Å². The number of nitrogens with one attached hydrogen (secondary N) is 6. The van der Waals surface area contributed by atoms with Gasteiger partial charge in [-0.05, 0) is 33.0 Å². The molecule has 8 aromatic carbocycles. The number of benzene rings is 8. The molecule has 2 amide bonds. The van der Waals surface area contributed by atoms with Crippen LogP contribution in [0.3, 0.4) is 0 Å². The van der Waals surface area contributed by atoms with Crippen molar-refractivity contribution in [2.75, 3.05) is 21.5 Å². The van der Waals surface area contributed by atoms with E-state index in [4.69, 9.17) is 25.3 Å². The number of hydrogen-bond acceptors (Lipinski definition) is 14. The van der Waals surface area contributed by atoms with Crippen molar-refractivity contribution in [3.8, 4) is 11.4 Å². The van der Waals surface area contributed by atoms with E-state index in [1.807, 2.05) is 109 Å². The maximum Gasteiger partial charge on any atom is 0 e. The van der Waals surface area contributed by atoms with Gasteiger partial charge in [0.25, 0.3) is 0 Å². The standard InChI is InChI=1S/2C26H22N7OPSSe.Au/c2*34-25(27-21-8-7-9-22(18-21)33-26(36)29-30-31-33)19-14-16-20(17-15-19)28-32-35(37,23-10-3-1-4-11-23)24-12-5-2-6-13-24;/h2*1-18,28H,(H,27,34)(H,32,37)(H,29,31,36);/p-2. The third-order valence-electron chi connectivity index (χ3n) is 11.1. The number of rotatable bonds is 16. The number of carbonyl (C=O) groups is 2. The predicted molar refractivity (Wildman–Crippen MR) is 302 cm³/mol. The normalized spacial score (nSPS) is 11.0. The molecule has 0 atom stereocenters. The van der Waals surface area contributed by atoms with Crippen LogP contribution in [0.4, 0.5) is 22.7 Å². The van der Waals surface area contributed by atoms with Crippen LogP contribution >= 0.6 is 11.3 Å². The Morgan fingerprint density at radius 2 is 0.733 bits per heavy atom. The zero-order valence-corrected chi connectivity index (χ0v) is 48.0. The van der Waals surface area contributed by atoms with E-state index in [9.17, 15) is 9.59 Å². The summed E-state index contributed by atoms with van der Waals surface area (Å²) >= 11 is 17.1. The first-order valence-corrected chi connectivity index (χ1v) is 31.3. The molecular formula is C52H42AuN14O2P2S2Se2-2. The minimum atomic E-state index is -2.03. The average Bonchev–Trinajstić information content (AvgIpc) is 4.10. The van der Waals surface area contributed by atoms with Gasteiger partial charge in [0.15, 0.2) is 0 Å². The molecule has 6 N–H and O–H groups in total. The van der Waals surface area contributed by atoms with Crippen LogP contribution in [0.25, 0.3) is 11.4 Å². The molecular weight excluding hydrogens is 1330 g/mol. The second kappa shape index (κ2) is 25.8. The summed E-state index contributed by atoms with van der Waals surface area (Å²) in [5.74, 6) is -0.461. The van der Waals surface area contributed by atoms with E-state index < -0.39 is 11.3 Å². The summed E-state index contributed by atoms with van der Waals surface area (Å²) in [4.78, 5) is 25.7. The van der Waals surface area contributed by atoms with Crippen LogP contribution in [-0.4, -0.2) is 82.4 Å². The number of amides is 2. The van der Waals surface area contributed by atoms with Gasteiger partial charge in [-0.25, -0.2) is 9.36 Å². The van der Waals surface area contributed by atoms with Gasteiger partial charge >= 0.3 is 368 Å². The minimum Gasteiger partial charge on any atom is 0 e. The summed E-state index contributed by atoms with van der Waals surface area (Å²) in [5.41, 5.74) is 7.86. The van der Waals surface area contributed by atoms with Gasteiger partial charge in [0, 0.05) is 32.7 Å². The quantitative estimate of drug-likeness (QED) is 0.0256. The van der Waals surface area contributed by atoms with Gasteiger partial charge < -0.3 is 25.3 Å². The molecule has 2 heterocycles. The molecule has 0 spiro atoms. The average molecular weight is 1380 g/mol. The Morgan fingerprint density at radius 1 is 0.413 bits per heavy atom. The van der Waals surface area contributed by atoms with E-state index in [1.165, 1.54) is 30.6 Å². The molecule has 16 nitrogen and oxygen atoms in total. The van der Waals surface area contributed by atoms with Crippen molar-refractivity contribution in [3.63, 3.8) is 0 Å². The molecule has 0 bridgehead atoms. The van der Waals surface area contributed by atoms with Gasteiger partial charge in [0.1, 0.15) is 0 Å². The second-order valence-corrected chi connectivity index (χ2v) is 28.5. The van der Waals surface area contributed by atoms with Gasteiger partial charge in [-0.3, -0.25) is 0 Å². The van der Waals surface area contributed by atoms with Crippen LogP contribution in [0.1, 0.15) is 20.7 Å². The van der Waals surface area contributed by atoms with E-state index in [2.05, 4.69) is 142 Å². The molecule has 0 aliphatic carbocycles. The van der Waals surface area contributed by atoms with Crippen LogP contribution in [0.5, 0.6) is 0 Å². The molecule has 0 saturated carbocycles. The summed E-state index contributed by atoms with van der Waals surface area (Å²) in [6, 6.07) is 70.1. The van der Waals surface area contributed by atoms with Crippen molar-refractivity contribution in [1.82, 2.24) is 50.8 Å². The maximum atomic E-state index is 12.9. The van der Waals surface area contributed by atoms with Crippen LogP contribution in [0.15, 0.2) is 229 Å². The zero-order chi connectivity index (χ0) is 51.3. The summed E-state index contributed by atoms with van der Waals surface area (Å²) in [7, 11) is 0. The fourth-order valence-corrected chi connectivity index (χ4v) is 15.4. The largest absolute Gasteiger partial charge is 0 e. The first kappa shape index (κ1) is 54.7. The van der Waals surface area contributed by atoms with Crippen molar-refractivity contribution < 1.29 is 32.0 Å². The Kier molecular flexibility index (Phi) is 18.8. The van der Waals surface area contributed by atoms with Crippen LogP contribution < -0.4 is 53.1 Å². The van der Waals surface area contributed by atoms with Crippen LogP contribution in [-0.2, 0) is 47.6 Å². The summed E-state index contributed by atoms with van der Waals surface area (Å²) < 4.78 is 2.86. The number of anilines is 4. The van der Waals surface area contributed by atoms with Crippen molar-refractivity contribution >= 4 is 123 Å². The molecule has 2 aromatic heterocycles. The smallest absolute Gasteiger partial charge is 0 e. The molecule has 0 fully saturated rings. The van der Waals surface area contributed by atoms with Gasteiger partial charge in [-0.2, -0.15) is 0 Å². The Bertz CT molecular complexity index is 3290. The molecule has 379 valence electrons. The third-order valence-corrected chi connectivity index (χ3v) is 23.0. The Labute approximate surface area is 474 Å². The molecule has 1 radical (unpaired) electrons. The second-order valence-electron chi connectivity index (χ2n) is 15.9. The molecule has 0 saturated heterocycles. The van der Waals surface area contributed by atoms with Crippen molar-refractivity contribution in [1.29, 1.82) is 0 Å². The molecule has 10 rings (SSSR count). The Balaban J connectivity index is 0.000000197. The first-order valence-electron chi connectivity index (χ1n) is 22.5. The number of aromatic nitrogens is 8. The fourth-order valence-electron chi connectivity index (χ4n) is 7.32. The molecule has 10 aromatic rings. The Morgan fingerprint density at radius 3 is 1.03 bits per heavy atom. The topological polar surface area (TPSA) is 194 Å². The summed E-state index contributed by atoms with van der Waals surface area (Å²) in [5, 5.41) is 40.4. The predicted octanol–water partition coefficient (Wildman–Crippen LogP) is 6.81. The van der Waals surface area contributed by atoms with Crippen molar-refractivity contribution in [3.05, 3.63) is 230 Å². The number of tetrazole rings is 2. The van der Waals surface area contributed by atoms with Crippen LogP contribution in [0.2, 0.25) is 0 Å². The minimum absolute atomic E-state index is 0.